The highest BCUT2D eigenvalue weighted by molar-refractivity contribution is 5.90. The molecule has 1 heteroatoms. The van der Waals surface area contributed by atoms with Crippen molar-refractivity contribution in [3.8, 4) is 0 Å². The van der Waals surface area contributed by atoms with Gasteiger partial charge in [0.2, 0.25) is 0 Å². The molecule has 2 rings (SSSR count). The van der Waals surface area contributed by atoms with Crippen molar-refractivity contribution in [1.29, 1.82) is 0 Å². The fraction of sp³-hybridized carbons (Fsp3) is 0.727. The van der Waals surface area contributed by atoms with E-state index in [1.165, 1.54) is 25.7 Å². The molecular formula is C11H16O. The van der Waals surface area contributed by atoms with Gasteiger partial charge in [0.1, 0.15) is 5.78 Å². The van der Waals surface area contributed by atoms with Gasteiger partial charge in [-0.3, -0.25) is 4.79 Å². The Labute approximate surface area is 73.8 Å². The van der Waals surface area contributed by atoms with E-state index < -0.39 is 0 Å². The Balaban J connectivity index is 1.89. The van der Waals surface area contributed by atoms with E-state index in [4.69, 9.17) is 0 Å². The second kappa shape index (κ2) is 3.04. The molecule has 0 heterocycles. The van der Waals surface area contributed by atoms with Crippen LogP contribution in [-0.4, -0.2) is 5.78 Å². The molecule has 0 saturated heterocycles. The molecule has 1 fully saturated rings. The molecule has 0 radical (unpaired) electrons. The van der Waals surface area contributed by atoms with Crippen LogP contribution in [-0.2, 0) is 4.79 Å². The molecule has 0 aliphatic heterocycles. The average molecular weight is 164 g/mol. The number of Topliss-reactive ketones (excluding diaryl/α,β-unsaturated/α-hetero) is 1. The van der Waals surface area contributed by atoms with E-state index in [2.05, 4.69) is 13.0 Å². The number of hydrogen-bond donors (Lipinski definition) is 0. The molecule has 2 unspecified atom stereocenters. The van der Waals surface area contributed by atoms with Crippen LogP contribution in [0.15, 0.2) is 11.6 Å². The second-order valence-electron chi connectivity index (χ2n) is 4.09. The zero-order valence-corrected chi connectivity index (χ0v) is 7.68. The largest absolute Gasteiger partial charge is 0.299 e. The average Bonchev–Trinajstić information content (AvgIpc) is 2.39. The zero-order chi connectivity index (χ0) is 8.55. The summed E-state index contributed by atoms with van der Waals surface area (Å²) in [5.74, 6) is 1.53. The summed E-state index contributed by atoms with van der Waals surface area (Å²) in [6.07, 6.45) is 8.11. The van der Waals surface area contributed by atoms with Crippen molar-refractivity contribution in [1.82, 2.24) is 0 Å². The summed E-state index contributed by atoms with van der Waals surface area (Å²) in [6.45, 7) is 2.22. The van der Waals surface area contributed by atoms with Crippen LogP contribution in [0.1, 0.15) is 39.0 Å². The Morgan fingerprint density at radius 2 is 2.33 bits per heavy atom. The van der Waals surface area contributed by atoms with Crippen molar-refractivity contribution in [2.24, 2.45) is 11.8 Å². The third-order valence-corrected chi connectivity index (χ3v) is 3.13. The van der Waals surface area contributed by atoms with Gasteiger partial charge in [-0.1, -0.05) is 25.0 Å². The Kier molecular flexibility index (Phi) is 2.03. The van der Waals surface area contributed by atoms with Gasteiger partial charge in [0.05, 0.1) is 0 Å². The molecule has 0 aromatic rings. The van der Waals surface area contributed by atoms with E-state index in [1.54, 1.807) is 5.57 Å². The molecule has 2 atom stereocenters. The third kappa shape index (κ3) is 1.21. The lowest BCUT2D eigenvalue weighted by atomic mass is 9.75. The van der Waals surface area contributed by atoms with Crippen LogP contribution in [0.3, 0.4) is 0 Å². The molecule has 0 aromatic heterocycles. The molecule has 2 aliphatic carbocycles. The quantitative estimate of drug-likeness (QED) is 0.586. The monoisotopic (exact) mass is 164 g/mol. The van der Waals surface area contributed by atoms with Gasteiger partial charge in [-0.2, -0.15) is 0 Å². The number of allylic oxidation sites excluding steroid dienone is 2. The van der Waals surface area contributed by atoms with Crippen molar-refractivity contribution in [3.63, 3.8) is 0 Å². The molecule has 0 N–H and O–H groups in total. The second-order valence-corrected chi connectivity index (χ2v) is 4.09. The molecule has 0 aromatic carbocycles. The van der Waals surface area contributed by atoms with Gasteiger partial charge in [-0.15, -0.1) is 0 Å². The van der Waals surface area contributed by atoms with E-state index >= 15 is 0 Å². The number of hydrogen-bond acceptors (Lipinski definition) is 1. The summed E-state index contributed by atoms with van der Waals surface area (Å²) in [5.41, 5.74) is 1.55. The van der Waals surface area contributed by atoms with E-state index in [0.717, 1.165) is 6.42 Å². The van der Waals surface area contributed by atoms with Crippen molar-refractivity contribution in [2.75, 3.05) is 0 Å². The van der Waals surface area contributed by atoms with Crippen LogP contribution in [0.4, 0.5) is 0 Å². The summed E-state index contributed by atoms with van der Waals surface area (Å²) in [5, 5.41) is 0. The number of ketones is 1. The fourth-order valence-corrected chi connectivity index (χ4v) is 2.30. The lowest BCUT2D eigenvalue weighted by Gasteiger charge is -2.27. The molecule has 66 valence electrons. The minimum absolute atomic E-state index is 0.344. The minimum Gasteiger partial charge on any atom is -0.299 e. The number of carbonyl (C=O) groups excluding carboxylic acids is 1. The van der Waals surface area contributed by atoms with Crippen LogP contribution in [0.25, 0.3) is 0 Å². The number of unbranched alkanes of at least 4 members (excludes halogenated alkanes) is 1. The van der Waals surface area contributed by atoms with E-state index in [9.17, 15) is 4.79 Å². The molecule has 2 aliphatic rings. The predicted octanol–water partition coefficient (Wildman–Crippen LogP) is 2.71. The summed E-state index contributed by atoms with van der Waals surface area (Å²) in [6, 6.07) is 0. The normalized spacial score (nSPS) is 32.8. The van der Waals surface area contributed by atoms with Crippen molar-refractivity contribution in [2.45, 2.75) is 39.0 Å². The summed E-state index contributed by atoms with van der Waals surface area (Å²) < 4.78 is 0. The van der Waals surface area contributed by atoms with E-state index in [0.29, 0.717) is 17.6 Å². The maximum Gasteiger partial charge on any atom is 0.140 e. The summed E-state index contributed by atoms with van der Waals surface area (Å²) in [7, 11) is 0. The maximum atomic E-state index is 11.1. The zero-order valence-electron chi connectivity index (χ0n) is 7.68. The van der Waals surface area contributed by atoms with Crippen LogP contribution < -0.4 is 0 Å². The van der Waals surface area contributed by atoms with E-state index in [1.807, 2.05) is 0 Å². The predicted molar refractivity (Wildman–Crippen MR) is 48.8 cm³/mol. The Morgan fingerprint density at radius 1 is 1.50 bits per heavy atom. The highest BCUT2D eigenvalue weighted by Crippen LogP contribution is 2.43. The van der Waals surface area contributed by atoms with Gasteiger partial charge >= 0.3 is 0 Å². The molecule has 0 amide bonds. The Hall–Kier alpha value is -0.590. The number of rotatable bonds is 3. The van der Waals surface area contributed by atoms with Gasteiger partial charge in [-0.25, -0.2) is 0 Å². The van der Waals surface area contributed by atoms with Crippen molar-refractivity contribution in [3.05, 3.63) is 11.6 Å². The Morgan fingerprint density at radius 3 is 2.92 bits per heavy atom. The van der Waals surface area contributed by atoms with Gasteiger partial charge in [-0.05, 0) is 25.2 Å². The Bertz CT molecular complexity index is 227. The van der Waals surface area contributed by atoms with Gasteiger partial charge in [0.15, 0.2) is 0 Å². The van der Waals surface area contributed by atoms with E-state index in [-0.39, 0.29) is 0 Å². The van der Waals surface area contributed by atoms with Gasteiger partial charge < -0.3 is 0 Å². The van der Waals surface area contributed by atoms with Crippen LogP contribution in [0.5, 0.6) is 0 Å². The van der Waals surface area contributed by atoms with Crippen LogP contribution in [0.2, 0.25) is 0 Å². The molecule has 1 saturated carbocycles. The van der Waals surface area contributed by atoms with Crippen LogP contribution in [0, 0.1) is 11.8 Å². The SMILES string of the molecule is CCCCC1=CC2C(=O)CC2C1. The molecular weight excluding hydrogens is 148 g/mol. The highest BCUT2D eigenvalue weighted by atomic mass is 16.1. The molecule has 1 nitrogen and oxygen atoms in total. The first-order chi connectivity index (χ1) is 5.81. The lowest BCUT2D eigenvalue weighted by molar-refractivity contribution is -0.130. The standard InChI is InChI=1S/C11H16O/c1-2-3-4-8-5-9-7-11(12)10(9)6-8/h6,9-10H,2-5,7H2,1H3. The third-order valence-electron chi connectivity index (χ3n) is 3.13. The summed E-state index contributed by atoms with van der Waals surface area (Å²) in [4.78, 5) is 11.1. The van der Waals surface area contributed by atoms with Crippen molar-refractivity contribution >= 4 is 5.78 Å². The molecule has 0 bridgehead atoms. The van der Waals surface area contributed by atoms with Gasteiger partial charge in [0.25, 0.3) is 0 Å². The highest BCUT2D eigenvalue weighted by Gasteiger charge is 2.41. The molecule has 12 heavy (non-hydrogen) atoms. The fourth-order valence-electron chi connectivity index (χ4n) is 2.30. The number of carbonyl (C=O) groups is 1. The lowest BCUT2D eigenvalue weighted by Crippen LogP contribution is -2.32. The first-order valence-corrected chi connectivity index (χ1v) is 5.03. The maximum absolute atomic E-state index is 11.1. The first kappa shape index (κ1) is 8.03. The minimum atomic E-state index is 0.344. The van der Waals surface area contributed by atoms with Crippen molar-refractivity contribution < 1.29 is 4.79 Å². The van der Waals surface area contributed by atoms with Crippen LogP contribution >= 0.6 is 0 Å². The smallest absolute Gasteiger partial charge is 0.140 e. The topological polar surface area (TPSA) is 17.1 Å². The summed E-state index contributed by atoms with van der Waals surface area (Å²) >= 11 is 0. The molecule has 0 spiro atoms. The first-order valence-electron chi connectivity index (χ1n) is 5.03. The number of fused-ring (bicyclic) bond motifs is 1. The van der Waals surface area contributed by atoms with Gasteiger partial charge in [0, 0.05) is 12.3 Å².